The molecule has 0 atom stereocenters. The molecule has 0 saturated carbocycles. The van der Waals surface area contributed by atoms with Gasteiger partial charge in [0.15, 0.2) is 0 Å². The van der Waals surface area contributed by atoms with Gasteiger partial charge in [-0.3, -0.25) is 9.59 Å². The van der Waals surface area contributed by atoms with Gasteiger partial charge in [-0.15, -0.1) is 0 Å². The Balaban J connectivity index is 1.83. The number of rotatable bonds is 3. The molecular formula is C16H11Cl2N3O2. The lowest BCUT2D eigenvalue weighted by molar-refractivity contribution is -0.117. The summed E-state index contributed by atoms with van der Waals surface area (Å²) in [6.07, 6.45) is 1.55. The molecule has 23 heavy (non-hydrogen) atoms. The summed E-state index contributed by atoms with van der Waals surface area (Å²) in [4.78, 5) is 24.4. The van der Waals surface area contributed by atoms with E-state index in [0.717, 1.165) is 10.1 Å². The number of carbonyl (C=O) groups is 1. The number of hydrogen-bond acceptors (Lipinski definition) is 3. The van der Waals surface area contributed by atoms with Crippen LogP contribution in [0.25, 0.3) is 10.8 Å². The van der Waals surface area contributed by atoms with Crippen LogP contribution >= 0.6 is 23.2 Å². The second-order valence-electron chi connectivity index (χ2n) is 4.87. The first kappa shape index (κ1) is 15.5. The van der Waals surface area contributed by atoms with Crippen molar-refractivity contribution < 1.29 is 4.79 Å². The van der Waals surface area contributed by atoms with Crippen LogP contribution in [0.1, 0.15) is 0 Å². The van der Waals surface area contributed by atoms with Gasteiger partial charge in [-0.2, -0.15) is 5.10 Å². The minimum absolute atomic E-state index is 0.206. The van der Waals surface area contributed by atoms with E-state index >= 15 is 0 Å². The van der Waals surface area contributed by atoms with Crippen LogP contribution in [0.4, 0.5) is 5.69 Å². The highest BCUT2D eigenvalue weighted by molar-refractivity contribution is 6.36. The Morgan fingerprint density at radius 1 is 1.17 bits per heavy atom. The zero-order valence-corrected chi connectivity index (χ0v) is 13.3. The second kappa shape index (κ2) is 6.40. The van der Waals surface area contributed by atoms with Crippen LogP contribution < -0.4 is 10.9 Å². The predicted octanol–water partition coefficient (Wildman–Crippen LogP) is 3.34. The van der Waals surface area contributed by atoms with E-state index in [1.54, 1.807) is 36.5 Å². The van der Waals surface area contributed by atoms with Crippen molar-refractivity contribution in [3.05, 3.63) is 69.1 Å². The van der Waals surface area contributed by atoms with Gasteiger partial charge >= 0.3 is 0 Å². The molecule has 3 rings (SSSR count). The molecule has 0 radical (unpaired) electrons. The Morgan fingerprint density at radius 2 is 1.96 bits per heavy atom. The molecule has 5 nitrogen and oxygen atoms in total. The number of aromatic nitrogens is 2. The summed E-state index contributed by atoms with van der Waals surface area (Å²) in [7, 11) is 0. The van der Waals surface area contributed by atoms with Gasteiger partial charge < -0.3 is 5.32 Å². The quantitative estimate of drug-likeness (QED) is 0.790. The number of benzene rings is 2. The monoisotopic (exact) mass is 347 g/mol. The Labute approximate surface area is 141 Å². The summed E-state index contributed by atoms with van der Waals surface area (Å²) in [5.74, 6) is -0.404. The van der Waals surface area contributed by atoms with Gasteiger partial charge in [0.05, 0.1) is 22.3 Å². The van der Waals surface area contributed by atoms with Crippen LogP contribution in [-0.2, 0) is 11.3 Å². The highest BCUT2D eigenvalue weighted by Crippen LogP contribution is 2.25. The fourth-order valence-corrected chi connectivity index (χ4v) is 2.61. The Hall–Kier alpha value is -2.37. The highest BCUT2D eigenvalue weighted by atomic mass is 35.5. The number of anilines is 1. The van der Waals surface area contributed by atoms with Crippen molar-refractivity contribution in [2.24, 2.45) is 0 Å². The fraction of sp³-hybridized carbons (Fsp3) is 0.0625. The molecule has 3 aromatic rings. The molecule has 1 aromatic heterocycles. The standard InChI is InChI=1S/C16H11Cl2N3O2/c17-11-5-6-14(13(18)7-11)20-15(22)9-21-16(23)12-4-2-1-3-10(12)8-19-21/h1-8H,9H2,(H,20,22). The number of nitrogens with one attached hydrogen (secondary N) is 1. The van der Waals surface area contributed by atoms with E-state index in [-0.39, 0.29) is 12.1 Å². The van der Waals surface area contributed by atoms with Crippen molar-refractivity contribution in [3.8, 4) is 0 Å². The van der Waals surface area contributed by atoms with E-state index in [1.807, 2.05) is 6.07 Å². The molecule has 1 heterocycles. The van der Waals surface area contributed by atoms with E-state index in [0.29, 0.717) is 21.1 Å². The normalized spacial score (nSPS) is 10.7. The number of amides is 1. The van der Waals surface area contributed by atoms with Gasteiger partial charge in [-0.1, -0.05) is 41.4 Å². The van der Waals surface area contributed by atoms with Crippen LogP contribution in [0.5, 0.6) is 0 Å². The number of fused-ring (bicyclic) bond motifs is 1. The maximum atomic E-state index is 12.3. The first-order chi connectivity index (χ1) is 11.0. The molecule has 2 aromatic carbocycles. The number of carbonyl (C=O) groups excluding carboxylic acids is 1. The van der Waals surface area contributed by atoms with Crippen molar-refractivity contribution in [3.63, 3.8) is 0 Å². The van der Waals surface area contributed by atoms with Crippen LogP contribution in [0, 0.1) is 0 Å². The Morgan fingerprint density at radius 3 is 2.74 bits per heavy atom. The molecule has 0 bridgehead atoms. The summed E-state index contributed by atoms with van der Waals surface area (Å²) in [5.41, 5.74) is 0.107. The van der Waals surface area contributed by atoms with E-state index in [4.69, 9.17) is 23.2 Å². The summed E-state index contributed by atoms with van der Waals surface area (Å²) in [6.45, 7) is -0.206. The van der Waals surface area contributed by atoms with Gasteiger partial charge in [-0.05, 0) is 24.3 Å². The van der Waals surface area contributed by atoms with Crippen molar-refractivity contribution in [2.45, 2.75) is 6.54 Å². The third kappa shape index (κ3) is 3.36. The summed E-state index contributed by atoms with van der Waals surface area (Å²) >= 11 is 11.8. The van der Waals surface area contributed by atoms with Crippen LogP contribution in [-0.4, -0.2) is 15.7 Å². The zero-order chi connectivity index (χ0) is 16.4. The lowest BCUT2D eigenvalue weighted by atomic mass is 10.2. The summed E-state index contributed by atoms with van der Waals surface area (Å²) < 4.78 is 1.11. The average Bonchev–Trinajstić information content (AvgIpc) is 2.53. The molecule has 0 saturated heterocycles. The van der Waals surface area contributed by atoms with Crippen molar-refractivity contribution in [2.75, 3.05) is 5.32 Å². The van der Waals surface area contributed by atoms with Crippen molar-refractivity contribution >= 4 is 45.6 Å². The van der Waals surface area contributed by atoms with Gasteiger partial charge in [-0.25, -0.2) is 4.68 Å². The number of halogens is 2. The van der Waals surface area contributed by atoms with Gasteiger partial charge in [0.1, 0.15) is 6.54 Å². The third-order valence-electron chi connectivity index (χ3n) is 3.26. The minimum Gasteiger partial charge on any atom is -0.323 e. The third-order valence-corrected chi connectivity index (χ3v) is 3.81. The summed E-state index contributed by atoms with van der Waals surface area (Å²) in [6, 6.07) is 11.8. The minimum atomic E-state index is -0.404. The van der Waals surface area contributed by atoms with Crippen LogP contribution in [0.3, 0.4) is 0 Å². The van der Waals surface area contributed by atoms with E-state index < -0.39 is 5.91 Å². The predicted molar refractivity (Wildman–Crippen MR) is 91.1 cm³/mol. The number of hydrogen-bond donors (Lipinski definition) is 1. The second-order valence-corrected chi connectivity index (χ2v) is 5.71. The zero-order valence-electron chi connectivity index (χ0n) is 11.8. The highest BCUT2D eigenvalue weighted by Gasteiger charge is 2.10. The molecule has 0 fully saturated rings. The first-order valence-corrected chi connectivity index (χ1v) is 7.50. The Kier molecular flexibility index (Phi) is 4.32. The molecule has 0 spiro atoms. The largest absolute Gasteiger partial charge is 0.323 e. The van der Waals surface area contributed by atoms with E-state index in [9.17, 15) is 9.59 Å². The van der Waals surface area contributed by atoms with Crippen molar-refractivity contribution in [1.82, 2.24) is 9.78 Å². The Bertz CT molecular complexity index is 953. The van der Waals surface area contributed by atoms with E-state index in [1.165, 1.54) is 6.07 Å². The molecule has 0 aliphatic heterocycles. The topological polar surface area (TPSA) is 64.0 Å². The molecule has 0 unspecified atom stereocenters. The molecular weight excluding hydrogens is 337 g/mol. The molecule has 7 heteroatoms. The maximum Gasteiger partial charge on any atom is 0.275 e. The summed E-state index contributed by atoms with van der Waals surface area (Å²) in [5, 5.41) is 8.69. The van der Waals surface area contributed by atoms with Crippen LogP contribution in [0.15, 0.2) is 53.5 Å². The smallest absolute Gasteiger partial charge is 0.275 e. The van der Waals surface area contributed by atoms with Gasteiger partial charge in [0, 0.05) is 10.4 Å². The molecule has 116 valence electrons. The van der Waals surface area contributed by atoms with Crippen LogP contribution in [0.2, 0.25) is 10.0 Å². The number of nitrogens with zero attached hydrogens (tertiary/aromatic N) is 2. The molecule has 0 aliphatic carbocycles. The lowest BCUT2D eigenvalue weighted by Gasteiger charge is -2.09. The fourth-order valence-electron chi connectivity index (χ4n) is 2.16. The van der Waals surface area contributed by atoms with Gasteiger partial charge in [0.2, 0.25) is 5.91 Å². The molecule has 1 amide bonds. The first-order valence-electron chi connectivity index (χ1n) is 6.74. The lowest BCUT2D eigenvalue weighted by Crippen LogP contribution is -2.29. The van der Waals surface area contributed by atoms with Crippen molar-refractivity contribution in [1.29, 1.82) is 0 Å². The molecule has 1 N–H and O–H groups in total. The SMILES string of the molecule is O=C(Cn1ncc2ccccc2c1=O)Nc1ccc(Cl)cc1Cl. The maximum absolute atomic E-state index is 12.3. The molecule has 0 aliphatic rings. The average molecular weight is 348 g/mol. The van der Waals surface area contributed by atoms with E-state index in [2.05, 4.69) is 10.4 Å². The van der Waals surface area contributed by atoms with Gasteiger partial charge in [0.25, 0.3) is 5.56 Å².